The lowest BCUT2D eigenvalue weighted by atomic mass is 10.0. The molecule has 1 saturated carbocycles. The Bertz CT molecular complexity index is 585. The maximum absolute atomic E-state index is 12.1. The number of hydrogen-bond donors (Lipinski definition) is 0. The van der Waals surface area contributed by atoms with E-state index in [2.05, 4.69) is 0 Å². The molecule has 1 heterocycles. The third kappa shape index (κ3) is 1.87. The molecule has 0 bridgehead atoms. The van der Waals surface area contributed by atoms with E-state index >= 15 is 0 Å². The van der Waals surface area contributed by atoms with Crippen LogP contribution in [0.2, 0.25) is 0 Å². The average molecular weight is 257 g/mol. The van der Waals surface area contributed by atoms with Gasteiger partial charge in [0.2, 0.25) is 11.8 Å². The summed E-state index contributed by atoms with van der Waals surface area (Å²) in [7, 11) is 0. The van der Waals surface area contributed by atoms with Crippen LogP contribution in [0.1, 0.15) is 27.9 Å². The fourth-order valence-corrected chi connectivity index (χ4v) is 2.56. The number of Topliss-reactive ketones (excluding diaryl/α,β-unsaturated/α-hetero) is 1. The van der Waals surface area contributed by atoms with Crippen molar-refractivity contribution in [3.05, 3.63) is 34.9 Å². The van der Waals surface area contributed by atoms with Gasteiger partial charge in [0.15, 0.2) is 5.78 Å². The molecule has 1 aliphatic heterocycles. The zero-order valence-corrected chi connectivity index (χ0v) is 11.0. The molecule has 2 amide bonds. The third-order valence-electron chi connectivity index (χ3n) is 4.09. The second kappa shape index (κ2) is 4.02. The Kier molecular flexibility index (Phi) is 2.55. The molecule has 1 aliphatic carbocycles. The van der Waals surface area contributed by atoms with E-state index in [1.807, 2.05) is 26.0 Å². The number of carbonyl (C=O) groups is 3. The summed E-state index contributed by atoms with van der Waals surface area (Å²) < 4.78 is 0. The van der Waals surface area contributed by atoms with Crippen LogP contribution in [0, 0.1) is 25.7 Å². The number of carbonyl (C=O) groups excluding carboxylic acids is 3. The van der Waals surface area contributed by atoms with E-state index in [9.17, 15) is 14.4 Å². The zero-order valence-electron chi connectivity index (χ0n) is 11.0. The van der Waals surface area contributed by atoms with E-state index in [1.165, 1.54) is 0 Å². The number of imide groups is 1. The average Bonchev–Trinajstić information content (AvgIpc) is 3.13. The molecule has 0 aromatic heterocycles. The first-order chi connectivity index (χ1) is 8.99. The van der Waals surface area contributed by atoms with Gasteiger partial charge in [-0.2, -0.15) is 0 Å². The molecule has 4 nitrogen and oxygen atoms in total. The first kappa shape index (κ1) is 12.1. The molecule has 1 saturated heterocycles. The highest BCUT2D eigenvalue weighted by atomic mass is 16.2. The minimum atomic E-state index is -0.175. The molecule has 2 unspecified atom stereocenters. The Morgan fingerprint density at radius 1 is 1.16 bits per heavy atom. The number of nitrogens with zero attached hydrogens (tertiary/aromatic N) is 1. The molecule has 1 aromatic carbocycles. The number of rotatable bonds is 3. The molecule has 4 heteroatoms. The minimum absolute atomic E-state index is 0.118. The van der Waals surface area contributed by atoms with Crippen molar-refractivity contribution in [3.63, 3.8) is 0 Å². The van der Waals surface area contributed by atoms with Crippen molar-refractivity contribution in [3.8, 4) is 0 Å². The Morgan fingerprint density at radius 2 is 1.79 bits per heavy atom. The number of ketones is 1. The van der Waals surface area contributed by atoms with Crippen molar-refractivity contribution in [2.75, 3.05) is 6.54 Å². The van der Waals surface area contributed by atoms with Gasteiger partial charge in [-0.25, -0.2) is 0 Å². The van der Waals surface area contributed by atoms with Gasteiger partial charge in [-0.3, -0.25) is 19.3 Å². The molecule has 0 radical (unpaired) electrons. The lowest BCUT2D eigenvalue weighted by molar-refractivity contribution is -0.140. The maximum atomic E-state index is 12.1. The van der Waals surface area contributed by atoms with Crippen molar-refractivity contribution >= 4 is 17.6 Å². The van der Waals surface area contributed by atoms with Crippen LogP contribution >= 0.6 is 0 Å². The van der Waals surface area contributed by atoms with Gasteiger partial charge < -0.3 is 0 Å². The van der Waals surface area contributed by atoms with E-state index in [1.54, 1.807) is 6.07 Å². The van der Waals surface area contributed by atoms with Crippen LogP contribution in [0.15, 0.2) is 18.2 Å². The van der Waals surface area contributed by atoms with E-state index in [0.29, 0.717) is 12.0 Å². The number of fused-ring (bicyclic) bond motifs is 1. The van der Waals surface area contributed by atoms with Gasteiger partial charge in [0.05, 0.1) is 18.4 Å². The van der Waals surface area contributed by atoms with Crippen molar-refractivity contribution in [2.24, 2.45) is 11.8 Å². The van der Waals surface area contributed by atoms with Gasteiger partial charge in [-0.05, 0) is 37.5 Å². The van der Waals surface area contributed by atoms with Crippen LogP contribution in [0.5, 0.6) is 0 Å². The molecule has 2 aliphatic rings. The first-order valence-electron chi connectivity index (χ1n) is 6.44. The molecule has 3 rings (SSSR count). The number of likely N-dealkylation sites (tertiary alicyclic amines) is 1. The smallest absolute Gasteiger partial charge is 0.233 e. The Labute approximate surface area is 111 Å². The summed E-state index contributed by atoms with van der Waals surface area (Å²) >= 11 is 0. The van der Waals surface area contributed by atoms with Crippen LogP contribution < -0.4 is 0 Å². The highest BCUT2D eigenvalue weighted by Crippen LogP contribution is 2.46. The Morgan fingerprint density at radius 3 is 2.37 bits per heavy atom. The van der Waals surface area contributed by atoms with Crippen LogP contribution in [-0.4, -0.2) is 29.0 Å². The van der Waals surface area contributed by atoms with Crippen LogP contribution in [0.3, 0.4) is 0 Å². The predicted octanol–water partition coefficient (Wildman–Crippen LogP) is 1.49. The fourth-order valence-electron chi connectivity index (χ4n) is 2.56. The van der Waals surface area contributed by atoms with Crippen molar-refractivity contribution in [1.29, 1.82) is 0 Å². The van der Waals surface area contributed by atoms with Crippen molar-refractivity contribution < 1.29 is 14.4 Å². The normalized spacial score (nSPS) is 24.6. The highest BCUT2D eigenvalue weighted by molar-refractivity contribution is 6.12. The van der Waals surface area contributed by atoms with E-state index in [0.717, 1.165) is 16.0 Å². The fraction of sp³-hybridized carbons (Fsp3) is 0.400. The lowest BCUT2D eigenvalue weighted by Crippen LogP contribution is -2.37. The SMILES string of the molecule is Cc1ccc(C(=O)CN2C(=O)C3CC3C2=O)cc1C. The van der Waals surface area contributed by atoms with Crippen LogP contribution in [-0.2, 0) is 9.59 Å². The molecule has 0 spiro atoms. The Balaban J connectivity index is 1.76. The number of piperidine rings is 1. The number of benzene rings is 1. The van der Waals surface area contributed by atoms with Crippen molar-refractivity contribution in [2.45, 2.75) is 20.3 Å². The number of aryl methyl sites for hydroxylation is 2. The molecule has 19 heavy (non-hydrogen) atoms. The summed E-state index contributed by atoms with van der Waals surface area (Å²) in [6.07, 6.45) is 0.673. The largest absolute Gasteiger partial charge is 0.292 e. The standard InChI is InChI=1S/C15H15NO3/c1-8-3-4-10(5-9(8)2)13(17)7-16-14(18)11-6-12(11)15(16)19/h3-5,11-12H,6-7H2,1-2H3. The summed E-state index contributed by atoms with van der Waals surface area (Å²) in [4.78, 5) is 36.8. The van der Waals surface area contributed by atoms with Gasteiger partial charge in [0, 0.05) is 5.56 Å². The molecule has 1 aromatic rings. The summed E-state index contributed by atoms with van der Waals surface area (Å²) in [5.41, 5.74) is 2.71. The molecular formula is C15H15NO3. The zero-order chi connectivity index (χ0) is 13.7. The molecule has 2 atom stereocenters. The van der Waals surface area contributed by atoms with Crippen LogP contribution in [0.4, 0.5) is 0 Å². The second-order valence-electron chi connectivity index (χ2n) is 5.43. The van der Waals surface area contributed by atoms with E-state index in [-0.39, 0.29) is 36.0 Å². The quantitative estimate of drug-likeness (QED) is 0.609. The minimum Gasteiger partial charge on any atom is -0.292 e. The van der Waals surface area contributed by atoms with Crippen LogP contribution in [0.25, 0.3) is 0 Å². The maximum Gasteiger partial charge on any atom is 0.233 e. The lowest BCUT2D eigenvalue weighted by Gasteiger charge is -2.15. The third-order valence-corrected chi connectivity index (χ3v) is 4.09. The Hall–Kier alpha value is -1.97. The summed E-state index contributed by atoms with van der Waals surface area (Å²) in [6, 6.07) is 5.44. The second-order valence-corrected chi connectivity index (χ2v) is 5.43. The van der Waals surface area contributed by atoms with Gasteiger partial charge in [0.25, 0.3) is 0 Å². The molecule has 0 N–H and O–H groups in total. The molecule has 98 valence electrons. The van der Waals surface area contributed by atoms with E-state index in [4.69, 9.17) is 0 Å². The predicted molar refractivity (Wildman–Crippen MR) is 68.6 cm³/mol. The monoisotopic (exact) mass is 257 g/mol. The summed E-state index contributed by atoms with van der Waals surface area (Å²) in [5, 5.41) is 0. The topological polar surface area (TPSA) is 54.5 Å². The summed E-state index contributed by atoms with van der Waals surface area (Å²) in [6.45, 7) is 3.80. The highest BCUT2D eigenvalue weighted by Gasteiger charge is 2.58. The number of amides is 2. The number of hydrogen-bond acceptors (Lipinski definition) is 3. The summed E-state index contributed by atoms with van der Waals surface area (Å²) in [5.74, 6) is -0.800. The van der Waals surface area contributed by atoms with Gasteiger partial charge in [0.1, 0.15) is 0 Å². The van der Waals surface area contributed by atoms with Gasteiger partial charge >= 0.3 is 0 Å². The van der Waals surface area contributed by atoms with Gasteiger partial charge in [-0.1, -0.05) is 12.1 Å². The van der Waals surface area contributed by atoms with E-state index < -0.39 is 0 Å². The van der Waals surface area contributed by atoms with Gasteiger partial charge in [-0.15, -0.1) is 0 Å². The molecular weight excluding hydrogens is 242 g/mol. The van der Waals surface area contributed by atoms with Crippen molar-refractivity contribution in [1.82, 2.24) is 4.90 Å². The molecule has 2 fully saturated rings. The first-order valence-corrected chi connectivity index (χ1v) is 6.44.